The van der Waals surface area contributed by atoms with Gasteiger partial charge in [0.15, 0.2) is 11.5 Å². The second-order valence-electron chi connectivity index (χ2n) is 9.34. The topological polar surface area (TPSA) is 145 Å². The molecule has 1 aliphatic heterocycles. The summed E-state index contributed by atoms with van der Waals surface area (Å²) in [4.78, 5) is 42.6. The first-order chi connectivity index (χ1) is 20.2. The van der Waals surface area contributed by atoms with Crippen LogP contribution in [0.15, 0.2) is 52.2 Å². The number of nitrogens with zero attached hydrogens (tertiary/aromatic N) is 2. The zero-order chi connectivity index (χ0) is 30.4. The number of allylic oxidation sites excluding steroid dienone is 1. The van der Waals surface area contributed by atoms with Gasteiger partial charge < -0.3 is 24.9 Å². The Hall–Kier alpha value is -4.58. The summed E-state index contributed by atoms with van der Waals surface area (Å²) < 4.78 is 18.4. The van der Waals surface area contributed by atoms with Gasteiger partial charge in [-0.3, -0.25) is 24.3 Å². The first-order valence-corrected chi connectivity index (χ1v) is 14.1. The third-order valence-electron chi connectivity index (χ3n) is 6.65. The molecule has 0 aliphatic carbocycles. The van der Waals surface area contributed by atoms with Gasteiger partial charge in [0, 0.05) is 12.6 Å². The van der Waals surface area contributed by atoms with Gasteiger partial charge in [-0.1, -0.05) is 25.5 Å². The lowest BCUT2D eigenvalue weighted by Crippen LogP contribution is -2.30. The van der Waals surface area contributed by atoms with Gasteiger partial charge in [-0.25, -0.2) is 4.98 Å². The van der Waals surface area contributed by atoms with Crippen molar-refractivity contribution in [3.8, 4) is 28.6 Å². The van der Waals surface area contributed by atoms with Crippen molar-refractivity contribution in [2.45, 2.75) is 33.2 Å². The summed E-state index contributed by atoms with van der Waals surface area (Å²) in [6.07, 6.45) is 1.21. The molecule has 0 saturated carbocycles. The lowest BCUT2D eigenvalue weighted by molar-refractivity contribution is -0.115. The van der Waals surface area contributed by atoms with Gasteiger partial charge in [-0.2, -0.15) is 0 Å². The Kier molecular flexibility index (Phi) is 9.68. The third-order valence-corrected chi connectivity index (χ3v) is 7.64. The van der Waals surface area contributed by atoms with E-state index in [-0.39, 0.29) is 30.1 Å². The van der Waals surface area contributed by atoms with Gasteiger partial charge in [-0.15, -0.1) is 0 Å². The first-order valence-electron chi connectivity index (χ1n) is 13.3. The Morgan fingerprint density at radius 1 is 1.10 bits per heavy atom. The minimum atomic E-state index is -0.417. The summed E-state index contributed by atoms with van der Waals surface area (Å²) in [6.45, 7) is 4.03. The van der Waals surface area contributed by atoms with Gasteiger partial charge in [0.1, 0.15) is 29.6 Å². The monoisotopic (exact) mass is 591 g/mol. The van der Waals surface area contributed by atoms with Gasteiger partial charge in [0.25, 0.3) is 16.7 Å². The fourth-order valence-corrected chi connectivity index (χ4v) is 5.28. The SMILES string of the molecule is CCCC(=N)c1nc(-c2ccc(OC)c(OC)c2)n(CCOc2cccc(/C(C)=C3/SC(=O)NC3=O)c2)c(=O)c1NC. The van der Waals surface area contributed by atoms with Gasteiger partial charge in [0.2, 0.25) is 0 Å². The molecule has 2 aromatic carbocycles. The number of rotatable bonds is 12. The van der Waals surface area contributed by atoms with Crippen LogP contribution in [-0.4, -0.2) is 54.3 Å². The van der Waals surface area contributed by atoms with Crippen molar-refractivity contribution in [2.75, 3.05) is 33.2 Å². The number of methoxy groups -OCH3 is 2. The maximum Gasteiger partial charge on any atom is 0.290 e. The quantitative estimate of drug-likeness (QED) is 0.197. The van der Waals surface area contributed by atoms with Crippen LogP contribution in [0.1, 0.15) is 37.9 Å². The molecule has 0 atom stereocenters. The largest absolute Gasteiger partial charge is 0.493 e. The number of carbonyl (C=O) groups is 2. The van der Waals surface area contributed by atoms with Crippen LogP contribution in [0.2, 0.25) is 0 Å². The Labute approximate surface area is 247 Å². The third kappa shape index (κ3) is 6.33. The number of hydrogen-bond donors (Lipinski definition) is 3. The minimum absolute atomic E-state index is 0.129. The summed E-state index contributed by atoms with van der Waals surface area (Å²) in [5, 5.41) is 13.4. The van der Waals surface area contributed by atoms with Crippen LogP contribution in [0.3, 0.4) is 0 Å². The highest BCUT2D eigenvalue weighted by Gasteiger charge is 2.27. The summed E-state index contributed by atoms with van der Waals surface area (Å²) in [7, 11) is 4.71. The predicted molar refractivity (Wildman–Crippen MR) is 164 cm³/mol. The molecule has 0 radical (unpaired) electrons. The minimum Gasteiger partial charge on any atom is -0.493 e. The number of thioether (sulfide) groups is 1. The Bertz CT molecular complexity index is 1630. The zero-order valence-corrected chi connectivity index (χ0v) is 24.9. The number of carbonyl (C=O) groups excluding carboxylic acids is 2. The van der Waals surface area contributed by atoms with E-state index in [1.165, 1.54) is 11.7 Å². The van der Waals surface area contributed by atoms with Gasteiger partial charge in [-0.05, 0) is 66.6 Å². The van der Waals surface area contributed by atoms with Crippen molar-refractivity contribution in [3.05, 3.63) is 69.0 Å². The van der Waals surface area contributed by atoms with E-state index in [1.54, 1.807) is 57.5 Å². The number of nitrogens with one attached hydrogen (secondary N) is 3. The molecule has 4 rings (SSSR count). The maximum atomic E-state index is 13.8. The molecule has 0 unspecified atom stereocenters. The van der Waals surface area contributed by atoms with Crippen LogP contribution < -0.4 is 30.4 Å². The van der Waals surface area contributed by atoms with Crippen LogP contribution in [-0.2, 0) is 11.3 Å². The number of hydrogen-bond acceptors (Lipinski definition) is 10. The molecule has 42 heavy (non-hydrogen) atoms. The maximum absolute atomic E-state index is 13.8. The zero-order valence-electron chi connectivity index (χ0n) is 24.1. The lowest BCUT2D eigenvalue weighted by atomic mass is 10.1. The molecule has 12 heteroatoms. The van der Waals surface area contributed by atoms with Crippen molar-refractivity contribution in [2.24, 2.45) is 0 Å². The predicted octanol–water partition coefficient (Wildman–Crippen LogP) is 4.93. The molecular weight excluding hydrogens is 558 g/mol. The van der Waals surface area contributed by atoms with Gasteiger partial charge in [0.05, 0.1) is 31.4 Å². The number of anilines is 1. The fraction of sp³-hybridized carbons (Fsp3) is 0.300. The second-order valence-corrected chi connectivity index (χ2v) is 10.3. The highest BCUT2D eigenvalue weighted by atomic mass is 32.2. The van der Waals surface area contributed by atoms with E-state index in [9.17, 15) is 14.4 Å². The second kappa shape index (κ2) is 13.4. The van der Waals surface area contributed by atoms with Crippen LogP contribution in [0.5, 0.6) is 17.2 Å². The molecule has 1 saturated heterocycles. The fourth-order valence-electron chi connectivity index (χ4n) is 4.54. The Balaban J connectivity index is 1.69. The van der Waals surface area contributed by atoms with E-state index in [0.29, 0.717) is 51.2 Å². The molecule has 220 valence electrons. The van der Waals surface area contributed by atoms with Crippen molar-refractivity contribution < 1.29 is 23.8 Å². The number of aromatic nitrogens is 2. The number of ether oxygens (including phenoxy) is 3. The smallest absolute Gasteiger partial charge is 0.290 e. The molecule has 2 amide bonds. The summed E-state index contributed by atoms with van der Waals surface area (Å²) in [6, 6.07) is 12.5. The van der Waals surface area contributed by atoms with Crippen LogP contribution in [0.25, 0.3) is 17.0 Å². The van der Waals surface area contributed by atoms with Gasteiger partial charge >= 0.3 is 0 Å². The molecule has 0 bridgehead atoms. The lowest BCUT2D eigenvalue weighted by Gasteiger charge is -2.19. The van der Waals surface area contributed by atoms with E-state index < -0.39 is 11.1 Å². The molecule has 0 spiro atoms. The number of imide groups is 1. The average Bonchev–Trinajstić information content (AvgIpc) is 3.34. The molecule has 1 aromatic heterocycles. The molecular formula is C30H33N5O6S. The first kappa shape index (κ1) is 30.4. The number of amides is 2. The highest BCUT2D eigenvalue weighted by Crippen LogP contribution is 2.33. The van der Waals surface area contributed by atoms with E-state index >= 15 is 0 Å². The molecule has 1 fully saturated rings. The van der Waals surface area contributed by atoms with E-state index in [4.69, 9.17) is 24.6 Å². The Morgan fingerprint density at radius 2 is 1.86 bits per heavy atom. The summed E-state index contributed by atoms with van der Waals surface area (Å²) >= 11 is 0.869. The van der Waals surface area contributed by atoms with Crippen molar-refractivity contribution in [1.82, 2.24) is 14.9 Å². The van der Waals surface area contributed by atoms with Crippen molar-refractivity contribution in [3.63, 3.8) is 0 Å². The molecule has 11 nitrogen and oxygen atoms in total. The van der Waals surface area contributed by atoms with Crippen LogP contribution in [0, 0.1) is 5.41 Å². The van der Waals surface area contributed by atoms with Crippen molar-refractivity contribution in [1.29, 1.82) is 5.41 Å². The van der Waals surface area contributed by atoms with E-state index in [0.717, 1.165) is 23.7 Å². The van der Waals surface area contributed by atoms with Crippen LogP contribution >= 0.6 is 11.8 Å². The van der Waals surface area contributed by atoms with Crippen LogP contribution in [0.4, 0.5) is 10.5 Å². The van der Waals surface area contributed by atoms with E-state index in [2.05, 4.69) is 10.6 Å². The van der Waals surface area contributed by atoms with E-state index in [1.807, 2.05) is 13.0 Å². The summed E-state index contributed by atoms with van der Waals surface area (Å²) in [5.74, 6) is 1.49. The average molecular weight is 592 g/mol. The molecule has 2 heterocycles. The normalized spacial score (nSPS) is 13.9. The summed E-state index contributed by atoms with van der Waals surface area (Å²) in [5.41, 5.74) is 2.48. The Morgan fingerprint density at radius 3 is 2.50 bits per heavy atom. The highest BCUT2D eigenvalue weighted by molar-refractivity contribution is 8.18. The van der Waals surface area contributed by atoms with Crippen molar-refractivity contribution >= 4 is 39.9 Å². The molecule has 3 N–H and O–H groups in total. The standard InChI is InChI=1S/C30H33N5O6S/c1-6-8-21(31)24-25(32-3)29(37)35(27(33-24)19-11-12-22(39-4)23(16-19)40-5)13-14-41-20-10-7-9-18(15-20)17(2)26-28(36)34-30(38)42-26/h7,9-12,15-16,31-32H,6,8,13-14H2,1-5H3,(H,34,36,38)/b26-17+,31-21?. The molecule has 1 aliphatic rings. The molecule has 3 aromatic rings. The number of benzene rings is 2.